The fraction of sp³-hybridized carbons (Fsp3) is 0.341. The van der Waals surface area contributed by atoms with Crippen LogP contribution in [0.5, 0.6) is 0 Å². The van der Waals surface area contributed by atoms with E-state index in [2.05, 4.69) is 4.98 Å². The van der Waals surface area contributed by atoms with Crippen molar-refractivity contribution in [3.05, 3.63) is 123 Å². The molecule has 0 atom stereocenters. The SMILES string of the molecule is CC.O=C(NO)c1ccc(CN(C(=O)N2CCOCC2)c2cc(C(F)(F)F)ccc2Cl)cc1.O=C(NO)c1ccc(CN(C(=O)N2CCOCC2)c2cccc(C(F)(F)F)n2)cc1. The smallest absolute Gasteiger partial charge is 0.378 e. The summed E-state index contributed by atoms with van der Waals surface area (Å²) in [7, 11) is 0. The molecule has 15 nitrogen and oxygen atoms in total. The standard InChI is InChI=1S/C20H19ClF3N3O4.C19H19F3N4O4.C2H6/c21-16-6-5-15(20(22,23)24)11-17(16)27(19(29)26-7-9-31-10-8-26)12-13-1-3-14(4-2-13)18(28)25-30;20-19(21,22)15-2-1-3-16(23-15)26(18(28)25-8-10-30-11-9-25)12-13-4-6-14(7-5-13)17(27)24-29;1-2/h1-6,11,30H,7-10,12H2,(H,25,28);1-7,29H,8-12H2,(H,24,27);1-2H3. The van der Waals surface area contributed by atoms with Crippen LogP contribution < -0.4 is 20.8 Å². The zero-order chi connectivity index (χ0) is 46.3. The molecule has 0 saturated carbocycles. The first-order chi connectivity index (χ1) is 30.0. The minimum atomic E-state index is -4.65. The lowest BCUT2D eigenvalue weighted by Crippen LogP contribution is -2.48. The second-order valence-corrected chi connectivity index (χ2v) is 13.7. The Hall–Kier alpha value is -6.00. The Labute approximate surface area is 362 Å². The number of nitrogens with zero attached hydrogens (tertiary/aromatic N) is 5. The van der Waals surface area contributed by atoms with E-state index < -0.39 is 47.5 Å². The van der Waals surface area contributed by atoms with Crippen LogP contribution in [-0.2, 0) is 34.9 Å². The van der Waals surface area contributed by atoms with Gasteiger partial charge < -0.3 is 19.3 Å². The zero-order valence-corrected chi connectivity index (χ0v) is 34.6. The Balaban J connectivity index is 0.000000266. The summed E-state index contributed by atoms with van der Waals surface area (Å²) >= 11 is 6.19. The van der Waals surface area contributed by atoms with Crippen molar-refractivity contribution in [2.75, 3.05) is 62.4 Å². The number of carbonyl (C=O) groups excluding carboxylic acids is 4. The van der Waals surface area contributed by atoms with Crippen LogP contribution in [0, 0.1) is 0 Å². The van der Waals surface area contributed by atoms with Crippen molar-refractivity contribution >= 4 is 47.0 Å². The number of rotatable bonds is 8. The van der Waals surface area contributed by atoms with Gasteiger partial charge in [-0.15, -0.1) is 0 Å². The molecule has 2 aliphatic heterocycles. The number of hydrogen-bond donors (Lipinski definition) is 4. The number of amides is 6. The molecule has 0 radical (unpaired) electrons. The van der Waals surface area contributed by atoms with Crippen LogP contribution in [0.1, 0.15) is 56.9 Å². The van der Waals surface area contributed by atoms with Crippen molar-refractivity contribution in [3.8, 4) is 0 Å². The highest BCUT2D eigenvalue weighted by Crippen LogP contribution is 2.37. The van der Waals surface area contributed by atoms with Crippen molar-refractivity contribution in [2.45, 2.75) is 39.3 Å². The van der Waals surface area contributed by atoms with Crippen molar-refractivity contribution in [2.24, 2.45) is 0 Å². The van der Waals surface area contributed by atoms with Gasteiger partial charge in [0, 0.05) is 37.3 Å². The molecule has 0 bridgehead atoms. The number of benzene rings is 3. The summed E-state index contributed by atoms with van der Waals surface area (Å²) in [5, 5.41) is 17.4. The van der Waals surface area contributed by atoms with Crippen molar-refractivity contribution < 1.29 is 65.4 Å². The molecule has 6 amide bonds. The van der Waals surface area contributed by atoms with Gasteiger partial charge in [-0.2, -0.15) is 26.3 Å². The Morgan fingerprint density at radius 3 is 1.54 bits per heavy atom. The molecule has 6 rings (SSSR count). The fourth-order valence-corrected chi connectivity index (χ4v) is 6.22. The lowest BCUT2D eigenvalue weighted by atomic mass is 10.1. The molecule has 3 heterocycles. The molecule has 0 spiro atoms. The minimum Gasteiger partial charge on any atom is -0.378 e. The summed E-state index contributed by atoms with van der Waals surface area (Å²) in [5.41, 5.74) is 2.38. The Bertz CT molecular complexity index is 2150. The van der Waals surface area contributed by atoms with E-state index in [1.165, 1.54) is 86.3 Å². The van der Waals surface area contributed by atoms with Gasteiger partial charge >= 0.3 is 24.4 Å². The minimum absolute atomic E-state index is 0.00844. The van der Waals surface area contributed by atoms with Gasteiger partial charge in [-0.05, 0) is 65.7 Å². The summed E-state index contributed by atoms with van der Waals surface area (Å²) in [4.78, 5) is 58.1. The maximum Gasteiger partial charge on any atom is 0.433 e. The largest absolute Gasteiger partial charge is 0.433 e. The third-order valence-corrected chi connectivity index (χ3v) is 9.53. The van der Waals surface area contributed by atoms with Gasteiger partial charge in [-0.1, -0.05) is 55.8 Å². The molecular weight excluding hydrogens is 868 g/mol. The van der Waals surface area contributed by atoms with E-state index in [1.807, 2.05) is 13.8 Å². The number of anilines is 2. The Kier molecular flexibility index (Phi) is 18.1. The normalized spacial score (nSPS) is 14.0. The van der Waals surface area contributed by atoms with Crippen molar-refractivity contribution in [1.29, 1.82) is 0 Å². The predicted molar refractivity (Wildman–Crippen MR) is 216 cm³/mol. The van der Waals surface area contributed by atoms with Gasteiger partial charge in [0.2, 0.25) is 0 Å². The predicted octanol–water partition coefficient (Wildman–Crippen LogP) is 7.64. The number of nitrogens with one attached hydrogen (secondary N) is 2. The second kappa shape index (κ2) is 22.9. The summed E-state index contributed by atoms with van der Waals surface area (Å²) in [5.74, 6) is -1.56. The zero-order valence-electron chi connectivity index (χ0n) is 33.9. The van der Waals surface area contributed by atoms with Gasteiger partial charge in [0.1, 0.15) is 11.5 Å². The average molecular weight is 912 g/mol. The molecule has 63 heavy (non-hydrogen) atoms. The summed E-state index contributed by atoms with van der Waals surface area (Å²) in [6.07, 6.45) is -9.25. The third-order valence-electron chi connectivity index (χ3n) is 9.21. The molecule has 1 aromatic heterocycles. The molecule has 3 aromatic carbocycles. The highest BCUT2D eigenvalue weighted by Gasteiger charge is 2.35. The first-order valence-electron chi connectivity index (χ1n) is 19.3. The van der Waals surface area contributed by atoms with E-state index in [0.29, 0.717) is 63.7 Å². The van der Waals surface area contributed by atoms with Crippen LogP contribution in [0.3, 0.4) is 0 Å². The lowest BCUT2D eigenvalue weighted by molar-refractivity contribution is -0.141. The molecule has 340 valence electrons. The molecule has 22 heteroatoms. The topological polar surface area (TPSA) is 177 Å². The first kappa shape index (κ1) is 49.7. The van der Waals surface area contributed by atoms with Gasteiger partial charge in [-0.3, -0.25) is 29.8 Å². The molecule has 0 unspecified atom stereocenters. The molecule has 4 aromatic rings. The number of halogens is 7. The molecular formula is C41H44ClF6N7O8. The first-order valence-corrected chi connectivity index (χ1v) is 19.6. The van der Waals surface area contributed by atoms with Crippen LogP contribution in [-0.4, -0.2) is 102 Å². The number of hydroxylamine groups is 2. The van der Waals surface area contributed by atoms with Crippen LogP contribution in [0.25, 0.3) is 0 Å². The van der Waals surface area contributed by atoms with E-state index in [0.717, 1.165) is 29.2 Å². The lowest BCUT2D eigenvalue weighted by Gasteiger charge is -2.33. The number of alkyl halides is 6. The Morgan fingerprint density at radius 1 is 0.667 bits per heavy atom. The fourth-order valence-electron chi connectivity index (χ4n) is 6.00. The van der Waals surface area contributed by atoms with Crippen LogP contribution >= 0.6 is 11.6 Å². The number of carbonyl (C=O) groups is 4. The summed E-state index contributed by atoms with van der Waals surface area (Å²) in [6, 6.07) is 17.0. The Morgan fingerprint density at radius 2 is 1.11 bits per heavy atom. The maximum absolute atomic E-state index is 13.3. The van der Waals surface area contributed by atoms with Crippen molar-refractivity contribution in [3.63, 3.8) is 0 Å². The van der Waals surface area contributed by atoms with E-state index >= 15 is 0 Å². The van der Waals surface area contributed by atoms with Crippen LogP contribution in [0.4, 0.5) is 47.4 Å². The molecule has 2 aliphatic rings. The second-order valence-electron chi connectivity index (χ2n) is 13.3. The van der Waals surface area contributed by atoms with Gasteiger partial charge in [0.25, 0.3) is 11.8 Å². The molecule has 2 fully saturated rings. The van der Waals surface area contributed by atoms with E-state index in [1.54, 1.807) is 0 Å². The number of hydrogen-bond acceptors (Lipinski definition) is 9. The average Bonchev–Trinajstić information content (AvgIpc) is 3.30. The van der Waals surface area contributed by atoms with E-state index in [-0.39, 0.29) is 40.7 Å². The monoisotopic (exact) mass is 911 g/mol. The van der Waals surface area contributed by atoms with Gasteiger partial charge in [-0.25, -0.2) is 25.5 Å². The molecule has 4 N–H and O–H groups in total. The number of urea groups is 2. The number of ether oxygens (including phenoxy) is 2. The van der Waals surface area contributed by atoms with Crippen LogP contribution in [0.2, 0.25) is 5.02 Å². The third kappa shape index (κ3) is 13.7. The summed E-state index contributed by atoms with van der Waals surface area (Å²) in [6.45, 7) is 6.36. The number of pyridine rings is 1. The number of morpholine rings is 2. The summed E-state index contributed by atoms with van der Waals surface area (Å²) < 4.78 is 89.6. The quantitative estimate of drug-likeness (QED) is 0.0786. The molecule has 2 saturated heterocycles. The van der Waals surface area contributed by atoms with Crippen molar-refractivity contribution in [1.82, 2.24) is 25.7 Å². The van der Waals surface area contributed by atoms with Crippen LogP contribution in [0.15, 0.2) is 84.9 Å². The van der Waals surface area contributed by atoms with Gasteiger partial charge in [0.05, 0.1) is 55.8 Å². The van der Waals surface area contributed by atoms with E-state index in [4.69, 9.17) is 31.5 Å². The highest BCUT2D eigenvalue weighted by atomic mass is 35.5. The molecule has 0 aliphatic carbocycles. The highest BCUT2D eigenvalue weighted by molar-refractivity contribution is 6.33. The maximum atomic E-state index is 13.3. The number of aromatic nitrogens is 1. The van der Waals surface area contributed by atoms with Gasteiger partial charge in [0.15, 0.2) is 0 Å². The van der Waals surface area contributed by atoms with E-state index in [9.17, 15) is 45.5 Å².